The highest BCUT2D eigenvalue weighted by atomic mass is 79.9. The molecule has 0 saturated carbocycles. The van der Waals surface area contributed by atoms with Crippen LogP contribution in [-0.2, 0) is 10.1 Å². The van der Waals surface area contributed by atoms with Crippen molar-refractivity contribution in [3.63, 3.8) is 0 Å². The van der Waals surface area contributed by atoms with E-state index in [-0.39, 0.29) is 6.79 Å². The Kier molecular flexibility index (Phi) is 6.16. The lowest BCUT2D eigenvalue weighted by Gasteiger charge is -2.13. The molecule has 1 aromatic rings. The highest BCUT2D eigenvalue weighted by Crippen LogP contribution is 2.37. The van der Waals surface area contributed by atoms with Gasteiger partial charge >= 0.3 is 0 Å². The monoisotopic (exact) mass is 352 g/mol. The minimum absolute atomic E-state index is 0.221. The van der Waals surface area contributed by atoms with E-state index >= 15 is 0 Å². The van der Waals surface area contributed by atoms with Crippen LogP contribution >= 0.6 is 31.9 Å². The van der Waals surface area contributed by atoms with Crippen LogP contribution in [0.25, 0.3) is 0 Å². The molecule has 0 amide bonds. The molecule has 0 aliphatic rings. The summed E-state index contributed by atoms with van der Waals surface area (Å²) in [6.45, 7) is 2.77. The summed E-state index contributed by atoms with van der Waals surface area (Å²) in [5.74, 6) is 1.36. The van der Waals surface area contributed by atoms with Gasteiger partial charge in [-0.1, -0.05) is 15.9 Å². The number of ether oxygens (including phenoxy) is 3. The molecular formula is C11H14Br2O3. The van der Waals surface area contributed by atoms with Crippen LogP contribution in [0.2, 0.25) is 0 Å². The molecule has 0 bridgehead atoms. The number of hydrogen-bond donors (Lipinski definition) is 0. The first kappa shape index (κ1) is 13.8. The maximum Gasteiger partial charge on any atom is 0.189 e. The third kappa shape index (κ3) is 3.64. The molecular weight excluding hydrogens is 340 g/mol. The van der Waals surface area contributed by atoms with E-state index in [0.717, 1.165) is 15.4 Å². The third-order valence-electron chi connectivity index (χ3n) is 1.93. The van der Waals surface area contributed by atoms with E-state index in [9.17, 15) is 0 Å². The molecule has 0 unspecified atom stereocenters. The standard InChI is InChI=1S/C11H14Br2O3/c1-3-15-7-16-11-9(13)4-8(6-12)5-10(11)14-2/h4-5H,3,6-7H2,1-2H3. The number of halogens is 2. The second-order valence-electron chi connectivity index (χ2n) is 3.00. The third-order valence-corrected chi connectivity index (χ3v) is 3.17. The summed E-state index contributed by atoms with van der Waals surface area (Å²) in [7, 11) is 1.62. The average molecular weight is 354 g/mol. The van der Waals surface area contributed by atoms with E-state index in [1.807, 2.05) is 19.1 Å². The molecule has 0 heterocycles. The van der Waals surface area contributed by atoms with Gasteiger partial charge in [-0.3, -0.25) is 0 Å². The number of rotatable bonds is 6. The molecule has 3 nitrogen and oxygen atoms in total. The molecule has 0 atom stereocenters. The lowest BCUT2D eigenvalue weighted by molar-refractivity contribution is 0.0204. The van der Waals surface area contributed by atoms with Crippen LogP contribution in [0.15, 0.2) is 16.6 Å². The van der Waals surface area contributed by atoms with Crippen molar-refractivity contribution in [2.75, 3.05) is 20.5 Å². The van der Waals surface area contributed by atoms with Gasteiger partial charge in [-0.15, -0.1) is 0 Å². The van der Waals surface area contributed by atoms with Gasteiger partial charge in [0.1, 0.15) is 0 Å². The normalized spacial score (nSPS) is 10.2. The fourth-order valence-electron chi connectivity index (χ4n) is 1.17. The van der Waals surface area contributed by atoms with Gasteiger partial charge in [0.25, 0.3) is 0 Å². The van der Waals surface area contributed by atoms with Crippen LogP contribution in [0.4, 0.5) is 0 Å². The second kappa shape index (κ2) is 7.14. The average Bonchev–Trinajstić information content (AvgIpc) is 2.30. The molecule has 16 heavy (non-hydrogen) atoms. The first-order chi connectivity index (χ1) is 7.72. The molecule has 1 aromatic carbocycles. The number of methoxy groups -OCH3 is 1. The minimum Gasteiger partial charge on any atom is -0.493 e. The largest absolute Gasteiger partial charge is 0.493 e. The molecule has 1 rings (SSSR count). The van der Waals surface area contributed by atoms with E-state index in [2.05, 4.69) is 31.9 Å². The molecule has 0 spiro atoms. The van der Waals surface area contributed by atoms with Crippen molar-refractivity contribution in [3.8, 4) is 11.5 Å². The van der Waals surface area contributed by atoms with Crippen LogP contribution in [0, 0.1) is 0 Å². The summed E-state index contributed by atoms with van der Waals surface area (Å²) in [6.07, 6.45) is 0. The van der Waals surface area contributed by atoms with Crippen LogP contribution in [0.1, 0.15) is 12.5 Å². The molecule has 0 aliphatic carbocycles. The van der Waals surface area contributed by atoms with Crippen LogP contribution in [-0.4, -0.2) is 20.5 Å². The molecule has 0 radical (unpaired) electrons. The summed E-state index contributed by atoms with van der Waals surface area (Å²) in [5, 5.41) is 0.772. The van der Waals surface area contributed by atoms with Crippen LogP contribution in [0.5, 0.6) is 11.5 Å². The minimum atomic E-state index is 0.221. The zero-order valence-electron chi connectivity index (χ0n) is 9.26. The molecule has 0 fully saturated rings. The van der Waals surface area contributed by atoms with Crippen molar-refractivity contribution in [1.29, 1.82) is 0 Å². The number of alkyl halides is 1. The Balaban J connectivity index is 2.88. The summed E-state index contributed by atoms with van der Waals surface area (Å²) in [6, 6.07) is 3.92. The van der Waals surface area contributed by atoms with E-state index in [1.165, 1.54) is 0 Å². The Morgan fingerprint density at radius 1 is 1.31 bits per heavy atom. The maximum absolute atomic E-state index is 5.49. The zero-order chi connectivity index (χ0) is 12.0. The van der Waals surface area contributed by atoms with Crippen molar-refractivity contribution in [2.45, 2.75) is 12.3 Å². The lowest BCUT2D eigenvalue weighted by Crippen LogP contribution is -2.04. The maximum atomic E-state index is 5.49. The van der Waals surface area contributed by atoms with E-state index in [4.69, 9.17) is 14.2 Å². The van der Waals surface area contributed by atoms with Crippen molar-refractivity contribution < 1.29 is 14.2 Å². The predicted octanol–water partition coefficient (Wildman–Crippen LogP) is 3.73. The van der Waals surface area contributed by atoms with E-state index in [1.54, 1.807) is 7.11 Å². The SMILES string of the molecule is CCOCOc1c(Br)cc(CBr)cc1OC. The van der Waals surface area contributed by atoms with Crippen molar-refractivity contribution >= 4 is 31.9 Å². The quantitative estimate of drug-likeness (QED) is 0.443. The molecule has 0 aromatic heterocycles. The molecule has 5 heteroatoms. The number of benzene rings is 1. The molecule has 0 aliphatic heterocycles. The van der Waals surface area contributed by atoms with Gasteiger partial charge in [0, 0.05) is 11.9 Å². The van der Waals surface area contributed by atoms with Gasteiger partial charge in [-0.05, 0) is 40.5 Å². The molecule has 0 N–H and O–H groups in total. The first-order valence-corrected chi connectivity index (χ1v) is 6.77. The highest BCUT2D eigenvalue weighted by Gasteiger charge is 2.11. The Morgan fingerprint density at radius 2 is 2.06 bits per heavy atom. The highest BCUT2D eigenvalue weighted by molar-refractivity contribution is 9.10. The summed E-state index contributed by atoms with van der Waals surface area (Å²) >= 11 is 6.85. The summed E-state index contributed by atoms with van der Waals surface area (Å²) in [5.41, 5.74) is 1.12. The van der Waals surface area contributed by atoms with Gasteiger partial charge < -0.3 is 14.2 Å². The van der Waals surface area contributed by atoms with Crippen LogP contribution < -0.4 is 9.47 Å². The van der Waals surface area contributed by atoms with Crippen molar-refractivity contribution in [2.24, 2.45) is 0 Å². The Labute approximate surface area is 112 Å². The van der Waals surface area contributed by atoms with E-state index in [0.29, 0.717) is 18.1 Å². The lowest BCUT2D eigenvalue weighted by atomic mass is 10.2. The van der Waals surface area contributed by atoms with E-state index < -0.39 is 0 Å². The fourth-order valence-corrected chi connectivity index (χ4v) is 2.10. The van der Waals surface area contributed by atoms with Crippen molar-refractivity contribution in [1.82, 2.24) is 0 Å². The molecule has 90 valence electrons. The first-order valence-electron chi connectivity index (χ1n) is 4.85. The van der Waals surface area contributed by atoms with Crippen LogP contribution in [0.3, 0.4) is 0 Å². The van der Waals surface area contributed by atoms with Gasteiger partial charge in [0.15, 0.2) is 18.3 Å². The Morgan fingerprint density at radius 3 is 2.62 bits per heavy atom. The molecule has 0 saturated heterocycles. The Hall–Kier alpha value is -0.260. The topological polar surface area (TPSA) is 27.7 Å². The predicted molar refractivity (Wildman–Crippen MR) is 70.4 cm³/mol. The Bertz CT molecular complexity index is 342. The van der Waals surface area contributed by atoms with Gasteiger partial charge in [0.05, 0.1) is 11.6 Å². The fraction of sp³-hybridized carbons (Fsp3) is 0.455. The van der Waals surface area contributed by atoms with Gasteiger partial charge in [-0.2, -0.15) is 0 Å². The summed E-state index contributed by atoms with van der Waals surface area (Å²) in [4.78, 5) is 0. The van der Waals surface area contributed by atoms with Crippen molar-refractivity contribution in [3.05, 3.63) is 22.2 Å². The van der Waals surface area contributed by atoms with Gasteiger partial charge in [-0.25, -0.2) is 0 Å². The van der Waals surface area contributed by atoms with Gasteiger partial charge in [0.2, 0.25) is 0 Å². The smallest absolute Gasteiger partial charge is 0.189 e. The number of hydrogen-bond acceptors (Lipinski definition) is 3. The zero-order valence-corrected chi connectivity index (χ0v) is 12.4. The summed E-state index contributed by atoms with van der Waals surface area (Å²) < 4.78 is 16.8. The second-order valence-corrected chi connectivity index (χ2v) is 4.41.